The molecular formula is C13H22N8. The minimum absolute atomic E-state index is 0.311. The SMILES string of the molecule is CCCCC(C)Nc1nc(NCC)nc(-n2cncn2)n1. The lowest BCUT2D eigenvalue weighted by molar-refractivity contribution is 0.639. The van der Waals surface area contributed by atoms with Gasteiger partial charge in [-0.2, -0.15) is 24.7 Å². The van der Waals surface area contributed by atoms with Crippen LogP contribution in [0.1, 0.15) is 40.0 Å². The monoisotopic (exact) mass is 290 g/mol. The van der Waals surface area contributed by atoms with Crippen LogP contribution in [0.25, 0.3) is 5.95 Å². The van der Waals surface area contributed by atoms with E-state index in [1.54, 1.807) is 6.33 Å². The van der Waals surface area contributed by atoms with E-state index in [0.29, 0.717) is 23.9 Å². The molecule has 0 bridgehead atoms. The summed E-state index contributed by atoms with van der Waals surface area (Å²) in [4.78, 5) is 17.0. The highest BCUT2D eigenvalue weighted by atomic mass is 15.4. The lowest BCUT2D eigenvalue weighted by Crippen LogP contribution is -2.19. The Hall–Kier alpha value is -2.25. The van der Waals surface area contributed by atoms with E-state index in [9.17, 15) is 0 Å². The Morgan fingerprint density at radius 1 is 1.19 bits per heavy atom. The number of anilines is 2. The van der Waals surface area contributed by atoms with Gasteiger partial charge in [0.15, 0.2) is 0 Å². The fraction of sp³-hybridized carbons (Fsp3) is 0.615. The van der Waals surface area contributed by atoms with Crippen molar-refractivity contribution < 1.29 is 0 Å². The Morgan fingerprint density at radius 2 is 2.00 bits per heavy atom. The van der Waals surface area contributed by atoms with Gasteiger partial charge in [-0.15, -0.1) is 0 Å². The fourth-order valence-electron chi connectivity index (χ4n) is 1.88. The van der Waals surface area contributed by atoms with Gasteiger partial charge in [0.1, 0.15) is 12.7 Å². The molecule has 0 fully saturated rings. The van der Waals surface area contributed by atoms with Crippen molar-refractivity contribution in [2.24, 2.45) is 0 Å². The summed E-state index contributed by atoms with van der Waals surface area (Å²) < 4.78 is 1.52. The highest BCUT2D eigenvalue weighted by molar-refractivity contribution is 5.38. The van der Waals surface area contributed by atoms with Crippen molar-refractivity contribution in [3.63, 3.8) is 0 Å². The number of aromatic nitrogens is 6. The van der Waals surface area contributed by atoms with Crippen LogP contribution in [0.15, 0.2) is 12.7 Å². The van der Waals surface area contributed by atoms with Crippen LogP contribution in [-0.2, 0) is 0 Å². The van der Waals surface area contributed by atoms with E-state index in [2.05, 4.69) is 49.5 Å². The standard InChI is InChI=1S/C13H22N8/c1-4-6-7-10(3)17-12-18-11(15-5-2)19-13(20-12)21-9-14-8-16-21/h8-10H,4-7H2,1-3H3,(H2,15,17,18,19,20). The lowest BCUT2D eigenvalue weighted by atomic mass is 10.1. The second-order valence-corrected chi connectivity index (χ2v) is 4.84. The van der Waals surface area contributed by atoms with E-state index >= 15 is 0 Å². The summed E-state index contributed by atoms with van der Waals surface area (Å²) in [7, 11) is 0. The summed E-state index contributed by atoms with van der Waals surface area (Å²) in [6.07, 6.45) is 6.45. The molecular weight excluding hydrogens is 268 g/mol. The molecule has 21 heavy (non-hydrogen) atoms. The van der Waals surface area contributed by atoms with E-state index in [1.807, 2.05) is 6.92 Å². The van der Waals surface area contributed by atoms with Gasteiger partial charge in [-0.05, 0) is 20.3 Å². The van der Waals surface area contributed by atoms with Gasteiger partial charge in [0.25, 0.3) is 5.95 Å². The predicted molar refractivity (Wildman–Crippen MR) is 81.5 cm³/mol. The largest absolute Gasteiger partial charge is 0.354 e. The molecule has 1 atom stereocenters. The molecule has 0 aromatic carbocycles. The highest BCUT2D eigenvalue weighted by Gasteiger charge is 2.10. The molecule has 0 aliphatic rings. The molecule has 2 N–H and O–H groups in total. The zero-order valence-corrected chi connectivity index (χ0v) is 12.7. The van der Waals surface area contributed by atoms with Crippen molar-refractivity contribution in [2.75, 3.05) is 17.2 Å². The third-order valence-electron chi connectivity index (χ3n) is 2.95. The van der Waals surface area contributed by atoms with Crippen molar-refractivity contribution in [1.29, 1.82) is 0 Å². The molecule has 0 aliphatic carbocycles. The maximum Gasteiger partial charge on any atom is 0.258 e. The van der Waals surface area contributed by atoms with Crippen LogP contribution in [0.4, 0.5) is 11.9 Å². The molecule has 2 rings (SSSR count). The highest BCUT2D eigenvalue weighted by Crippen LogP contribution is 2.11. The zero-order valence-electron chi connectivity index (χ0n) is 12.7. The number of nitrogens with zero attached hydrogens (tertiary/aromatic N) is 6. The molecule has 8 nitrogen and oxygen atoms in total. The van der Waals surface area contributed by atoms with Gasteiger partial charge in [0.2, 0.25) is 11.9 Å². The number of rotatable bonds is 8. The van der Waals surface area contributed by atoms with Gasteiger partial charge in [0.05, 0.1) is 0 Å². The Kier molecular flexibility index (Phi) is 5.42. The van der Waals surface area contributed by atoms with Gasteiger partial charge in [-0.1, -0.05) is 19.8 Å². The first kappa shape index (κ1) is 15.1. The molecule has 1 unspecified atom stereocenters. The molecule has 0 spiro atoms. The third-order valence-corrected chi connectivity index (χ3v) is 2.95. The molecule has 114 valence electrons. The summed E-state index contributed by atoms with van der Waals surface area (Å²) in [6.45, 7) is 7.05. The topological polar surface area (TPSA) is 93.4 Å². The number of unbranched alkanes of at least 4 members (excludes halogenated alkanes) is 1. The van der Waals surface area contributed by atoms with E-state index in [1.165, 1.54) is 23.9 Å². The second kappa shape index (κ2) is 7.51. The fourth-order valence-corrected chi connectivity index (χ4v) is 1.88. The van der Waals surface area contributed by atoms with Crippen molar-refractivity contribution in [3.05, 3.63) is 12.7 Å². The van der Waals surface area contributed by atoms with Crippen molar-refractivity contribution in [2.45, 2.75) is 46.1 Å². The Labute approximate surface area is 124 Å². The molecule has 0 saturated carbocycles. The van der Waals surface area contributed by atoms with Crippen molar-refractivity contribution >= 4 is 11.9 Å². The minimum Gasteiger partial charge on any atom is -0.354 e. The van der Waals surface area contributed by atoms with E-state index in [0.717, 1.165) is 13.0 Å². The zero-order chi connectivity index (χ0) is 15.1. The maximum atomic E-state index is 4.39. The Morgan fingerprint density at radius 3 is 2.67 bits per heavy atom. The summed E-state index contributed by atoms with van der Waals surface area (Å²) in [5.74, 6) is 1.53. The Bertz CT molecular complexity index is 539. The first-order chi connectivity index (χ1) is 10.2. The van der Waals surface area contributed by atoms with E-state index in [4.69, 9.17) is 0 Å². The third kappa shape index (κ3) is 4.37. The number of hydrogen-bond donors (Lipinski definition) is 2. The molecule has 8 heteroatoms. The van der Waals surface area contributed by atoms with Gasteiger partial charge in [-0.3, -0.25) is 0 Å². The quantitative estimate of drug-likeness (QED) is 0.766. The number of hydrogen-bond acceptors (Lipinski definition) is 7. The summed E-state index contributed by atoms with van der Waals surface area (Å²) in [5, 5.41) is 10.5. The van der Waals surface area contributed by atoms with Crippen LogP contribution < -0.4 is 10.6 Å². The van der Waals surface area contributed by atoms with E-state index < -0.39 is 0 Å². The first-order valence-corrected chi connectivity index (χ1v) is 7.34. The molecule has 2 aromatic heterocycles. The molecule has 2 aromatic rings. The molecule has 0 radical (unpaired) electrons. The van der Waals surface area contributed by atoms with Gasteiger partial charge in [0, 0.05) is 12.6 Å². The van der Waals surface area contributed by atoms with Gasteiger partial charge >= 0.3 is 0 Å². The van der Waals surface area contributed by atoms with Crippen LogP contribution in [0, 0.1) is 0 Å². The summed E-state index contributed by atoms with van der Waals surface area (Å²) in [5.41, 5.74) is 0. The molecule has 0 amide bonds. The Balaban J connectivity index is 2.19. The summed E-state index contributed by atoms with van der Waals surface area (Å²) >= 11 is 0. The summed E-state index contributed by atoms with van der Waals surface area (Å²) in [6, 6.07) is 0.311. The lowest BCUT2D eigenvalue weighted by Gasteiger charge is -2.14. The predicted octanol–water partition coefficient (Wildman–Crippen LogP) is 1.87. The molecule has 0 aliphatic heterocycles. The van der Waals surface area contributed by atoms with Gasteiger partial charge in [-0.25, -0.2) is 4.98 Å². The van der Waals surface area contributed by atoms with Crippen molar-refractivity contribution in [3.8, 4) is 5.95 Å². The molecule has 0 saturated heterocycles. The van der Waals surface area contributed by atoms with Crippen molar-refractivity contribution in [1.82, 2.24) is 29.7 Å². The number of nitrogens with one attached hydrogen (secondary N) is 2. The normalized spacial score (nSPS) is 12.1. The average molecular weight is 290 g/mol. The van der Waals surface area contributed by atoms with Crippen LogP contribution in [0.5, 0.6) is 0 Å². The van der Waals surface area contributed by atoms with Crippen LogP contribution in [0.2, 0.25) is 0 Å². The van der Waals surface area contributed by atoms with Gasteiger partial charge < -0.3 is 10.6 Å². The first-order valence-electron chi connectivity index (χ1n) is 7.34. The maximum absolute atomic E-state index is 4.39. The second-order valence-electron chi connectivity index (χ2n) is 4.84. The van der Waals surface area contributed by atoms with Crippen LogP contribution in [0.3, 0.4) is 0 Å². The average Bonchev–Trinajstić information content (AvgIpc) is 2.99. The smallest absolute Gasteiger partial charge is 0.258 e. The van der Waals surface area contributed by atoms with Crippen LogP contribution in [-0.4, -0.2) is 42.3 Å². The molecule has 2 heterocycles. The van der Waals surface area contributed by atoms with Crippen LogP contribution >= 0.6 is 0 Å². The van der Waals surface area contributed by atoms with E-state index in [-0.39, 0.29) is 0 Å². The minimum atomic E-state index is 0.311.